The quantitative estimate of drug-likeness (QED) is 0.0133. The summed E-state index contributed by atoms with van der Waals surface area (Å²) >= 11 is 0. The van der Waals surface area contributed by atoms with Crippen molar-refractivity contribution < 1.29 is 57.1 Å². The lowest BCUT2D eigenvalue weighted by atomic mass is 10.1. The van der Waals surface area contributed by atoms with Gasteiger partial charge in [0.1, 0.15) is 0 Å². The highest BCUT2D eigenvalue weighted by molar-refractivity contribution is 5.95. The predicted molar refractivity (Wildman–Crippen MR) is 261 cm³/mol. The van der Waals surface area contributed by atoms with Gasteiger partial charge in [-0.25, -0.2) is 43.9 Å². The third kappa shape index (κ3) is 18.4. The minimum Gasteiger partial charge on any atom is -0.490 e. The number of ether oxygens (including phenoxy) is 7. The molecule has 0 radical (unpaired) electrons. The van der Waals surface area contributed by atoms with Crippen molar-refractivity contribution in [1.82, 2.24) is 19.9 Å². The van der Waals surface area contributed by atoms with Gasteiger partial charge in [-0.1, -0.05) is 95.7 Å². The number of aromatic nitrogens is 4. The number of benzene rings is 3. The molecular weight excluding hydrogens is 897 g/mol. The summed E-state index contributed by atoms with van der Waals surface area (Å²) in [6, 6.07) is 17.0. The van der Waals surface area contributed by atoms with E-state index >= 15 is 0 Å². The van der Waals surface area contributed by atoms with Crippen LogP contribution in [0.5, 0.6) is 23.0 Å². The van der Waals surface area contributed by atoms with Gasteiger partial charge in [0.15, 0.2) is 34.6 Å². The molecule has 0 atom stereocenters. The van der Waals surface area contributed by atoms with Gasteiger partial charge in [0.05, 0.1) is 74.5 Å². The van der Waals surface area contributed by atoms with Gasteiger partial charge < -0.3 is 33.2 Å². The maximum atomic E-state index is 13.5. The first kappa shape index (κ1) is 53.2. The zero-order chi connectivity index (χ0) is 49.8. The van der Waals surface area contributed by atoms with E-state index in [0.717, 1.165) is 77.0 Å². The second-order valence-corrected chi connectivity index (χ2v) is 15.9. The molecule has 0 N–H and O–H groups in total. The molecule has 0 fully saturated rings. The van der Waals surface area contributed by atoms with Crippen LogP contribution in [0.15, 0.2) is 117 Å². The summed E-state index contributed by atoms with van der Waals surface area (Å²) in [6.07, 6.45) is 21.0. The number of unbranched alkanes of at least 4 members (excludes halogenated alkanes) is 10. The minimum atomic E-state index is -0.767. The molecule has 0 aliphatic carbocycles. The number of hydrogen-bond donors (Lipinski definition) is 0. The van der Waals surface area contributed by atoms with Crippen LogP contribution in [-0.2, 0) is 23.8 Å². The van der Waals surface area contributed by atoms with Crippen molar-refractivity contribution in [2.75, 3.05) is 33.0 Å². The highest BCUT2D eigenvalue weighted by atomic mass is 16.6. The molecule has 0 unspecified atom stereocenters. The second-order valence-electron chi connectivity index (χ2n) is 15.9. The zero-order valence-corrected chi connectivity index (χ0v) is 39.6. The largest absolute Gasteiger partial charge is 0.490 e. The van der Waals surface area contributed by atoms with Crippen molar-refractivity contribution >= 4 is 29.8 Å². The van der Waals surface area contributed by atoms with Crippen molar-refractivity contribution in [3.63, 3.8) is 0 Å². The highest BCUT2D eigenvalue weighted by Crippen LogP contribution is 2.31. The Bertz CT molecular complexity index is 2460. The molecule has 0 saturated carbocycles. The summed E-state index contributed by atoms with van der Waals surface area (Å²) in [6.45, 7) is 10.7. The number of esters is 5. The first-order chi connectivity index (χ1) is 34.2. The lowest BCUT2D eigenvalue weighted by Gasteiger charge is -2.13. The van der Waals surface area contributed by atoms with Crippen molar-refractivity contribution in [2.45, 2.75) is 90.4 Å². The molecule has 70 heavy (non-hydrogen) atoms. The molecule has 0 bridgehead atoms. The van der Waals surface area contributed by atoms with Gasteiger partial charge in [0.25, 0.3) is 0 Å². The molecule has 2 aromatic heterocycles. The number of hydrogen-bond acceptors (Lipinski definition) is 16. The Kier molecular flexibility index (Phi) is 22.7. The summed E-state index contributed by atoms with van der Waals surface area (Å²) in [5, 5.41) is 0. The van der Waals surface area contributed by atoms with E-state index in [-0.39, 0.29) is 34.8 Å². The SMILES string of the molecule is C=CC(=O)OCCCCCCCCOc1cnc(-c2ccc(C(=O)Oc3ccc(C(=O)OCCC)cc3OC(=O)c3ccc(-c4ncc(OCCCCCCCCOC(=O)C=C)cn4)cc3)cc2)nc1. The van der Waals surface area contributed by atoms with Crippen molar-refractivity contribution in [3.05, 3.63) is 134 Å². The maximum Gasteiger partial charge on any atom is 0.343 e. The summed E-state index contributed by atoms with van der Waals surface area (Å²) in [5.74, 6) is -1.23. The Morgan fingerprint density at radius 1 is 0.443 bits per heavy atom. The molecule has 5 aromatic rings. The van der Waals surface area contributed by atoms with Crippen LogP contribution in [0.3, 0.4) is 0 Å². The summed E-state index contributed by atoms with van der Waals surface area (Å²) in [4.78, 5) is 79.5. The molecule has 16 heteroatoms. The van der Waals surface area contributed by atoms with Crippen LogP contribution in [0.25, 0.3) is 22.8 Å². The molecule has 368 valence electrons. The second kappa shape index (κ2) is 29.9. The fourth-order valence-corrected chi connectivity index (χ4v) is 6.65. The molecular formula is C54H60N4O12. The fraction of sp³-hybridized carbons (Fsp3) is 0.352. The van der Waals surface area contributed by atoms with E-state index in [4.69, 9.17) is 33.2 Å². The lowest BCUT2D eigenvalue weighted by Crippen LogP contribution is -2.14. The summed E-state index contributed by atoms with van der Waals surface area (Å²) < 4.78 is 38.3. The highest BCUT2D eigenvalue weighted by Gasteiger charge is 2.20. The summed E-state index contributed by atoms with van der Waals surface area (Å²) in [7, 11) is 0. The molecule has 0 aliphatic rings. The van der Waals surface area contributed by atoms with Crippen LogP contribution >= 0.6 is 0 Å². The van der Waals surface area contributed by atoms with E-state index in [1.807, 2.05) is 6.92 Å². The average Bonchev–Trinajstić information content (AvgIpc) is 3.39. The molecule has 0 saturated heterocycles. The van der Waals surface area contributed by atoms with E-state index in [0.29, 0.717) is 67.1 Å². The molecule has 2 heterocycles. The van der Waals surface area contributed by atoms with E-state index in [1.165, 1.54) is 30.4 Å². The minimum absolute atomic E-state index is 0.0924. The third-order valence-corrected chi connectivity index (χ3v) is 10.5. The van der Waals surface area contributed by atoms with Crippen LogP contribution in [0, 0.1) is 0 Å². The van der Waals surface area contributed by atoms with Gasteiger partial charge in [0, 0.05) is 23.3 Å². The number of carbonyl (C=O) groups is 5. The van der Waals surface area contributed by atoms with E-state index < -0.39 is 29.8 Å². The van der Waals surface area contributed by atoms with Crippen molar-refractivity contribution in [2.24, 2.45) is 0 Å². The summed E-state index contributed by atoms with van der Waals surface area (Å²) in [5.41, 5.74) is 1.78. The molecule has 5 rings (SSSR count). The molecule has 0 amide bonds. The first-order valence-corrected chi connectivity index (χ1v) is 23.6. The van der Waals surface area contributed by atoms with Crippen LogP contribution < -0.4 is 18.9 Å². The maximum absolute atomic E-state index is 13.5. The smallest absolute Gasteiger partial charge is 0.343 e. The van der Waals surface area contributed by atoms with Gasteiger partial charge in [-0.2, -0.15) is 0 Å². The monoisotopic (exact) mass is 956 g/mol. The molecule has 0 aliphatic heterocycles. The fourth-order valence-electron chi connectivity index (χ4n) is 6.65. The van der Waals surface area contributed by atoms with E-state index in [2.05, 4.69) is 33.1 Å². The molecule has 16 nitrogen and oxygen atoms in total. The first-order valence-electron chi connectivity index (χ1n) is 23.6. The van der Waals surface area contributed by atoms with Gasteiger partial charge >= 0.3 is 29.8 Å². The van der Waals surface area contributed by atoms with Crippen LogP contribution in [0.1, 0.15) is 121 Å². The molecule has 3 aromatic carbocycles. The Balaban J connectivity index is 1.10. The topological polar surface area (TPSA) is 202 Å². The normalized spacial score (nSPS) is 10.6. The Hall–Kier alpha value is -7.75. The van der Waals surface area contributed by atoms with Gasteiger partial charge in [-0.05, 0) is 74.6 Å². The Labute approximate surface area is 408 Å². The van der Waals surface area contributed by atoms with Crippen molar-refractivity contribution in [1.29, 1.82) is 0 Å². The number of carbonyl (C=O) groups excluding carboxylic acids is 5. The number of nitrogens with zero attached hydrogens (tertiary/aromatic N) is 4. The van der Waals surface area contributed by atoms with Gasteiger partial charge in [0.2, 0.25) is 0 Å². The average molecular weight is 957 g/mol. The van der Waals surface area contributed by atoms with Gasteiger partial charge in [-0.15, -0.1) is 0 Å². The van der Waals surface area contributed by atoms with E-state index in [1.54, 1.807) is 73.3 Å². The zero-order valence-electron chi connectivity index (χ0n) is 39.6. The van der Waals surface area contributed by atoms with Crippen LogP contribution in [0.2, 0.25) is 0 Å². The predicted octanol–water partition coefficient (Wildman–Crippen LogP) is 10.5. The Morgan fingerprint density at radius 3 is 1.24 bits per heavy atom. The molecule has 0 spiro atoms. The third-order valence-electron chi connectivity index (χ3n) is 10.5. The standard InChI is InChI=1S/C54H60N4O12/c1-4-29-68-52(61)43-27-28-46(69-53(62)41-23-19-39(20-24-41)50-55-35-44(36-56-50)64-30-15-11-7-9-13-17-32-66-48(59)5-2)47(34-43)70-54(63)42-25-21-40(22-26-42)51-57-37-45(38-58-51)65-31-16-12-8-10-14-18-33-67-49(60)6-3/h5-6,19-28,34-38H,2-4,7-18,29-33H2,1H3. The Morgan fingerprint density at radius 2 is 0.829 bits per heavy atom. The van der Waals surface area contributed by atoms with E-state index in [9.17, 15) is 24.0 Å². The van der Waals surface area contributed by atoms with Gasteiger partial charge in [-0.3, -0.25) is 0 Å². The lowest BCUT2D eigenvalue weighted by molar-refractivity contribution is -0.138. The number of rotatable bonds is 31. The van der Waals surface area contributed by atoms with Crippen molar-refractivity contribution in [3.8, 4) is 45.8 Å². The van der Waals surface area contributed by atoms with Crippen LogP contribution in [-0.4, -0.2) is 82.8 Å². The van der Waals surface area contributed by atoms with Crippen LogP contribution in [0.4, 0.5) is 0 Å².